The van der Waals surface area contributed by atoms with Gasteiger partial charge in [-0.2, -0.15) is 4.31 Å². The molecular weight excluding hydrogens is 450 g/mol. The molecule has 9 heteroatoms. The Hall–Kier alpha value is -2.68. The third kappa shape index (κ3) is 5.03. The average molecular weight is 474 g/mol. The van der Waals surface area contributed by atoms with Crippen molar-refractivity contribution in [2.75, 3.05) is 18.4 Å². The molecule has 4 rings (SSSR count). The first kappa shape index (κ1) is 22.5. The predicted octanol–water partition coefficient (Wildman–Crippen LogP) is 4.66. The molecule has 3 aromatic rings. The van der Waals surface area contributed by atoms with Gasteiger partial charge in [0.1, 0.15) is 4.90 Å². The third-order valence-corrected chi connectivity index (χ3v) is 7.73. The van der Waals surface area contributed by atoms with E-state index in [1.165, 1.54) is 16.4 Å². The van der Waals surface area contributed by atoms with Gasteiger partial charge in [-0.25, -0.2) is 13.4 Å². The zero-order valence-corrected chi connectivity index (χ0v) is 19.2. The summed E-state index contributed by atoms with van der Waals surface area (Å²) in [5.41, 5.74) is 2.46. The first-order valence-electron chi connectivity index (χ1n) is 10.4. The number of anilines is 1. The lowest BCUT2D eigenvalue weighted by Gasteiger charge is -2.17. The van der Waals surface area contributed by atoms with Gasteiger partial charge in [-0.15, -0.1) is 0 Å². The number of nitrogens with zero attached hydrogens (tertiary/aromatic N) is 2. The molecule has 1 aromatic heterocycles. The lowest BCUT2D eigenvalue weighted by Crippen LogP contribution is -2.28. The van der Waals surface area contributed by atoms with Gasteiger partial charge >= 0.3 is 0 Å². The van der Waals surface area contributed by atoms with E-state index in [1.54, 1.807) is 12.3 Å². The molecule has 0 bridgehead atoms. The van der Waals surface area contributed by atoms with Crippen LogP contribution in [0.15, 0.2) is 58.0 Å². The van der Waals surface area contributed by atoms with Crippen LogP contribution in [0.5, 0.6) is 0 Å². The number of carbonyl (C=O) groups is 1. The first-order chi connectivity index (χ1) is 15.3. The molecule has 0 atom stereocenters. The Labute approximate surface area is 192 Å². The van der Waals surface area contributed by atoms with Crippen molar-refractivity contribution in [3.63, 3.8) is 0 Å². The molecule has 2 heterocycles. The van der Waals surface area contributed by atoms with Crippen LogP contribution in [-0.2, 0) is 21.2 Å². The Kier molecular flexibility index (Phi) is 6.64. The summed E-state index contributed by atoms with van der Waals surface area (Å²) in [6.45, 7) is 2.98. The summed E-state index contributed by atoms with van der Waals surface area (Å²) in [6.07, 6.45) is 3.78. The van der Waals surface area contributed by atoms with Crippen molar-refractivity contribution in [2.24, 2.45) is 0 Å². The highest BCUT2D eigenvalue weighted by Crippen LogP contribution is 2.30. The fraction of sp³-hybridized carbons (Fsp3) is 0.304. The van der Waals surface area contributed by atoms with E-state index < -0.39 is 10.0 Å². The third-order valence-electron chi connectivity index (χ3n) is 5.35. The van der Waals surface area contributed by atoms with Gasteiger partial charge in [-0.1, -0.05) is 41.4 Å². The zero-order chi connectivity index (χ0) is 22.7. The first-order valence-corrected chi connectivity index (χ1v) is 12.3. The highest BCUT2D eigenvalue weighted by atomic mass is 35.5. The van der Waals surface area contributed by atoms with Crippen molar-refractivity contribution in [3.05, 3.63) is 65.1 Å². The molecular formula is C23H24ClN3O4S. The number of hydrogen-bond acceptors (Lipinski definition) is 5. The molecule has 32 heavy (non-hydrogen) atoms. The predicted molar refractivity (Wildman–Crippen MR) is 123 cm³/mol. The van der Waals surface area contributed by atoms with E-state index in [9.17, 15) is 13.2 Å². The summed E-state index contributed by atoms with van der Waals surface area (Å²) < 4.78 is 32.9. The van der Waals surface area contributed by atoms with Crippen molar-refractivity contribution < 1.29 is 17.6 Å². The fourth-order valence-electron chi connectivity index (χ4n) is 3.57. The van der Waals surface area contributed by atoms with Crippen molar-refractivity contribution in [1.82, 2.24) is 9.29 Å². The second-order valence-corrected chi connectivity index (χ2v) is 10.1. The second kappa shape index (κ2) is 9.44. The maximum atomic E-state index is 12.9. The lowest BCUT2D eigenvalue weighted by atomic mass is 10.1. The van der Waals surface area contributed by atoms with Crippen LogP contribution in [0.1, 0.15) is 30.7 Å². The summed E-state index contributed by atoms with van der Waals surface area (Å²) in [5, 5.41) is 2.87. The summed E-state index contributed by atoms with van der Waals surface area (Å²) in [7, 11) is -3.68. The number of amides is 1. The number of aromatic nitrogens is 1. The van der Waals surface area contributed by atoms with E-state index in [0.717, 1.165) is 24.0 Å². The SMILES string of the molecule is Cc1ccc(-c2cnc(CCC(=O)Nc3ccc(Cl)c(S(=O)(=O)N4CCCC4)c3)o2)cc1. The molecule has 1 aliphatic rings. The minimum Gasteiger partial charge on any atom is -0.441 e. The van der Waals surface area contributed by atoms with E-state index in [4.69, 9.17) is 16.0 Å². The van der Waals surface area contributed by atoms with Gasteiger partial charge in [0.15, 0.2) is 11.7 Å². The van der Waals surface area contributed by atoms with Gasteiger partial charge < -0.3 is 9.73 Å². The number of carbonyl (C=O) groups excluding carboxylic acids is 1. The van der Waals surface area contributed by atoms with Crippen LogP contribution >= 0.6 is 11.6 Å². The van der Waals surface area contributed by atoms with E-state index >= 15 is 0 Å². The highest BCUT2D eigenvalue weighted by molar-refractivity contribution is 7.89. The molecule has 0 saturated carbocycles. The van der Waals surface area contributed by atoms with Crippen LogP contribution in [0.3, 0.4) is 0 Å². The number of halogens is 1. The van der Waals surface area contributed by atoms with E-state index in [0.29, 0.717) is 36.8 Å². The monoisotopic (exact) mass is 473 g/mol. The number of rotatable bonds is 7. The molecule has 1 N–H and O–H groups in total. The van der Waals surface area contributed by atoms with Gasteiger partial charge in [0.05, 0.1) is 11.2 Å². The molecule has 2 aromatic carbocycles. The molecule has 7 nitrogen and oxygen atoms in total. The molecule has 0 spiro atoms. The fourth-order valence-corrected chi connectivity index (χ4v) is 5.58. The summed E-state index contributed by atoms with van der Waals surface area (Å²) >= 11 is 6.16. The maximum Gasteiger partial charge on any atom is 0.244 e. The maximum absolute atomic E-state index is 12.9. The van der Waals surface area contributed by atoms with Crippen LogP contribution in [0.2, 0.25) is 5.02 Å². The smallest absolute Gasteiger partial charge is 0.244 e. The van der Waals surface area contributed by atoms with Crippen molar-refractivity contribution in [3.8, 4) is 11.3 Å². The minimum atomic E-state index is -3.68. The van der Waals surface area contributed by atoms with Gasteiger partial charge in [0.25, 0.3) is 0 Å². The summed E-state index contributed by atoms with van der Waals surface area (Å²) in [5.74, 6) is 0.839. The minimum absolute atomic E-state index is 0.00862. The quantitative estimate of drug-likeness (QED) is 0.538. The standard InChI is InChI=1S/C23H24ClN3O4S/c1-16-4-6-17(7-5-16)20-15-25-23(31-20)11-10-22(28)26-18-8-9-19(24)21(14-18)32(29,30)27-12-2-3-13-27/h4-9,14-15H,2-3,10-13H2,1H3,(H,26,28). The molecule has 1 fully saturated rings. The topological polar surface area (TPSA) is 92.5 Å². The Morgan fingerprint density at radius 3 is 2.59 bits per heavy atom. The van der Waals surface area contributed by atoms with Crippen LogP contribution in [0, 0.1) is 6.92 Å². The average Bonchev–Trinajstić information content (AvgIpc) is 3.47. The van der Waals surface area contributed by atoms with E-state index in [2.05, 4.69) is 10.3 Å². The molecule has 0 unspecified atom stereocenters. The number of aryl methyl sites for hydroxylation is 2. The van der Waals surface area contributed by atoms with Gasteiger partial charge in [-0.3, -0.25) is 4.79 Å². The van der Waals surface area contributed by atoms with Crippen molar-refractivity contribution in [1.29, 1.82) is 0 Å². The molecule has 168 valence electrons. The zero-order valence-electron chi connectivity index (χ0n) is 17.7. The molecule has 1 saturated heterocycles. The number of nitrogens with one attached hydrogen (secondary N) is 1. The van der Waals surface area contributed by atoms with E-state index in [1.807, 2.05) is 31.2 Å². The normalized spacial score (nSPS) is 14.6. The van der Waals surface area contributed by atoms with Gasteiger partial charge in [-0.05, 0) is 38.0 Å². The van der Waals surface area contributed by atoms with Crippen LogP contribution < -0.4 is 5.32 Å². The molecule has 1 amide bonds. The number of oxazole rings is 1. The van der Waals surface area contributed by atoms with E-state index in [-0.39, 0.29) is 22.2 Å². The number of benzene rings is 2. The molecule has 0 radical (unpaired) electrons. The number of hydrogen-bond donors (Lipinski definition) is 1. The van der Waals surface area contributed by atoms with Crippen molar-refractivity contribution in [2.45, 2.75) is 37.5 Å². The Balaban J connectivity index is 1.39. The molecule has 0 aliphatic carbocycles. The largest absolute Gasteiger partial charge is 0.441 e. The number of sulfonamides is 1. The lowest BCUT2D eigenvalue weighted by molar-refractivity contribution is -0.116. The Morgan fingerprint density at radius 2 is 1.88 bits per heavy atom. The summed E-state index contributed by atoms with van der Waals surface area (Å²) in [4.78, 5) is 16.7. The second-order valence-electron chi connectivity index (χ2n) is 7.79. The van der Waals surface area contributed by atoms with Gasteiger partial charge in [0, 0.05) is 37.2 Å². The van der Waals surface area contributed by atoms with Gasteiger partial charge in [0.2, 0.25) is 15.9 Å². The molecule has 1 aliphatic heterocycles. The van der Waals surface area contributed by atoms with Crippen LogP contribution in [-0.4, -0.2) is 36.7 Å². The summed E-state index contributed by atoms with van der Waals surface area (Å²) in [6, 6.07) is 12.4. The Morgan fingerprint density at radius 1 is 1.16 bits per heavy atom. The van der Waals surface area contributed by atoms with Crippen LogP contribution in [0.25, 0.3) is 11.3 Å². The highest BCUT2D eigenvalue weighted by Gasteiger charge is 2.29. The Bertz CT molecular complexity index is 1220. The van der Waals surface area contributed by atoms with Crippen molar-refractivity contribution >= 4 is 33.2 Å². The van der Waals surface area contributed by atoms with Crippen LogP contribution in [0.4, 0.5) is 5.69 Å².